The van der Waals surface area contributed by atoms with Crippen molar-refractivity contribution in [2.24, 2.45) is 20.8 Å². The van der Waals surface area contributed by atoms with Gasteiger partial charge in [-0.15, -0.1) is 13.2 Å². The molecule has 3 rings (SSSR count). The lowest BCUT2D eigenvalue weighted by molar-refractivity contribution is -0.274. The standard InChI is InChI=1S/C23H20F3N7OS/c1-15-12-28-11-10-20(15)32-22(35)33-31-13-16-2-4-17(5-3-16)21(27)30-14-29-18-6-8-19(9-7-18)34-23(24,25)26/h2-14H,1H3,(H2,27,29,30)(H2,28,32,33,35)/b31-13+. The van der Waals surface area contributed by atoms with Gasteiger partial charge >= 0.3 is 6.36 Å². The molecule has 0 unspecified atom stereocenters. The molecule has 0 atom stereocenters. The maximum absolute atomic E-state index is 12.2. The summed E-state index contributed by atoms with van der Waals surface area (Å²) in [5.74, 6) is -0.120. The molecule has 2 aromatic carbocycles. The summed E-state index contributed by atoms with van der Waals surface area (Å²) >= 11 is 5.22. The van der Waals surface area contributed by atoms with Gasteiger partial charge in [0.15, 0.2) is 5.11 Å². The molecule has 12 heteroatoms. The monoisotopic (exact) mass is 499 g/mol. The zero-order valence-electron chi connectivity index (χ0n) is 18.3. The normalized spacial score (nSPS) is 12.2. The lowest BCUT2D eigenvalue weighted by atomic mass is 10.1. The molecule has 4 N–H and O–H groups in total. The number of halogens is 3. The molecule has 8 nitrogen and oxygen atoms in total. The Morgan fingerprint density at radius 3 is 2.46 bits per heavy atom. The number of amidine groups is 1. The molecule has 0 spiro atoms. The van der Waals surface area contributed by atoms with E-state index in [1.54, 1.807) is 42.9 Å². The van der Waals surface area contributed by atoms with Crippen LogP contribution in [0.15, 0.2) is 82.1 Å². The third kappa shape index (κ3) is 8.51. The van der Waals surface area contributed by atoms with Crippen LogP contribution < -0.4 is 21.2 Å². The largest absolute Gasteiger partial charge is 0.573 e. The molecular weight excluding hydrogens is 479 g/mol. The highest BCUT2D eigenvalue weighted by Crippen LogP contribution is 2.24. The van der Waals surface area contributed by atoms with Crippen LogP contribution in [0.3, 0.4) is 0 Å². The Bertz CT molecular complexity index is 1240. The summed E-state index contributed by atoms with van der Waals surface area (Å²) in [6.07, 6.45) is 1.46. The molecule has 1 aromatic heterocycles. The Morgan fingerprint density at radius 1 is 1.09 bits per heavy atom. The number of nitrogens with one attached hydrogen (secondary N) is 2. The average Bonchev–Trinajstić information content (AvgIpc) is 2.81. The van der Waals surface area contributed by atoms with Gasteiger partial charge in [0.1, 0.15) is 17.9 Å². The summed E-state index contributed by atoms with van der Waals surface area (Å²) < 4.78 is 40.4. The number of pyridine rings is 1. The fourth-order valence-electron chi connectivity index (χ4n) is 2.64. The van der Waals surface area contributed by atoms with Gasteiger partial charge in [0, 0.05) is 23.6 Å². The van der Waals surface area contributed by atoms with Gasteiger partial charge in [-0.05, 0) is 60.6 Å². The number of thiocarbonyl (C=S) groups is 1. The SMILES string of the molecule is Cc1cnccc1NC(=S)N/N=C/c1ccc(C(N)=NC=Nc2ccc(OC(F)(F)F)cc2)cc1. The summed E-state index contributed by atoms with van der Waals surface area (Å²) in [7, 11) is 0. The summed E-state index contributed by atoms with van der Waals surface area (Å²) in [6, 6.07) is 14.0. The molecule has 35 heavy (non-hydrogen) atoms. The molecule has 3 aromatic rings. The second-order valence-corrected chi connectivity index (χ2v) is 7.35. The highest BCUT2D eigenvalue weighted by atomic mass is 32.1. The highest BCUT2D eigenvalue weighted by Gasteiger charge is 2.30. The van der Waals surface area contributed by atoms with E-state index >= 15 is 0 Å². The molecule has 180 valence electrons. The lowest BCUT2D eigenvalue weighted by Gasteiger charge is -2.08. The van der Waals surface area contributed by atoms with Crippen LogP contribution in [-0.4, -0.2) is 34.8 Å². The van der Waals surface area contributed by atoms with Crippen LogP contribution in [0.5, 0.6) is 5.75 Å². The van der Waals surface area contributed by atoms with E-state index in [1.807, 2.05) is 13.0 Å². The Hall–Kier alpha value is -4.32. The van der Waals surface area contributed by atoms with E-state index in [0.29, 0.717) is 16.4 Å². The van der Waals surface area contributed by atoms with Gasteiger partial charge in [-0.2, -0.15) is 5.10 Å². The van der Waals surface area contributed by atoms with E-state index in [-0.39, 0.29) is 11.6 Å². The number of nitrogens with two attached hydrogens (primary N) is 1. The predicted octanol–water partition coefficient (Wildman–Crippen LogP) is 4.67. The van der Waals surface area contributed by atoms with E-state index in [4.69, 9.17) is 18.0 Å². The third-order valence-corrected chi connectivity index (χ3v) is 4.52. The number of aromatic nitrogens is 1. The van der Waals surface area contributed by atoms with E-state index in [1.165, 1.54) is 18.5 Å². The topological polar surface area (TPSA) is 109 Å². The van der Waals surface area contributed by atoms with Crippen LogP contribution >= 0.6 is 12.2 Å². The zero-order chi connectivity index (χ0) is 25.3. The molecule has 0 saturated carbocycles. The van der Waals surface area contributed by atoms with Crippen molar-refractivity contribution in [3.8, 4) is 5.75 Å². The van der Waals surface area contributed by atoms with Gasteiger partial charge in [0.05, 0.1) is 11.9 Å². The number of hydrogen-bond acceptors (Lipinski definition) is 5. The fraction of sp³-hybridized carbons (Fsp3) is 0.0870. The minimum Gasteiger partial charge on any atom is -0.406 e. The first kappa shape index (κ1) is 25.3. The van der Waals surface area contributed by atoms with Gasteiger partial charge in [-0.3, -0.25) is 10.4 Å². The smallest absolute Gasteiger partial charge is 0.406 e. The van der Waals surface area contributed by atoms with Gasteiger partial charge in [0.25, 0.3) is 0 Å². The first-order valence-corrected chi connectivity index (χ1v) is 10.4. The van der Waals surface area contributed by atoms with Crippen molar-refractivity contribution in [1.82, 2.24) is 10.4 Å². The Labute approximate surface area is 204 Å². The van der Waals surface area contributed by atoms with Gasteiger partial charge in [0.2, 0.25) is 0 Å². The second kappa shape index (κ2) is 11.7. The van der Waals surface area contributed by atoms with Gasteiger partial charge in [-0.25, -0.2) is 9.98 Å². The third-order valence-electron chi connectivity index (χ3n) is 4.33. The number of nitrogens with zero attached hydrogens (tertiary/aromatic N) is 4. The van der Waals surface area contributed by atoms with Crippen LogP contribution in [0.25, 0.3) is 0 Å². The van der Waals surface area contributed by atoms with Crippen molar-refractivity contribution < 1.29 is 17.9 Å². The number of aliphatic imine (C=N–C) groups is 2. The van der Waals surface area contributed by atoms with Crippen LogP contribution in [0, 0.1) is 6.92 Å². The number of benzene rings is 2. The fourth-order valence-corrected chi connectivity index (χ4v) is 2.80. The first-order valence-electron chi connectivity index (χ1n) is 10.0. The van der Waals surface area contributed by atoms with Crippen LogP contribution in [0.4, 0.5) is 24.5 Å². The van der Waals surface area contributed by atoms with E-state index in [0.717, 1.165) is 28.9 Å². The molecule has 1 heterocycles. The summed E-state index contributed by atoms with van der Waals surface area (Å²) in [5, 5.41) is 7.47. The Morgan fingerprint density at radius 2 is 1.80 bits per heavy atom. The molecule has 0 aliphatic carbocycles. The van der Waals surface area contributed by atoms with Crippen molar-refractivity contribution in [3.05, 3.63) is 83.7 Å². The molecule has 0 aliphatic heterocycles. The first-order chi connectivity index (χ1) is 16.7. The number of alkyl halides is 3. The number of hydrazone groups is 1. The maximum atomic E-state index is 12.2. The molecule has 0 aliphatic rings. The Balaban J connectivity index is 1.52. The molecular formula is C23H20F3N7OS. The molecule has 0 amide bonds. The van der Waals surface area contributed by atoms with E-state index < -0.39 is 6.36 Å². The number of aryl methyl sites for hydroxylation is 1. The van der Waals surface area contributed by atoms with E-state index in [9.17, 15) is 13.2 Å². The molecule has 0 bridgehead atoms. The van der Waals surface area contributed by atoms with Crippen molar-refractivity contribution in [3.63, 3.8) is 0 Å². The average molecular weight is 500 g/mol. The number of ether oxygens (including phenoxy) is 1. The van der Waals surface area contributed by atoms with Gasteiger partial charge < -0.3 is 15.8 Å². The van der Waals surface area contributed by atoms with Crippen molar-refractivity contribution in [2.45, 2.75) is 13.3 Å². The summed E-state index contributed by atoms with van der Waals surface area (Å²) in [4.78, 5) is 12.1. The molecule has 0 fully saturated rings. The second-order valence-electron chi connectivity index (χ2n) is 6.94. The minimum absolute atomic E-state index is 0.213. The number of hydrogen-bond donors (Lipinski definition) is 3. The van der Waals surface area contributed by atoms with Gasteiger partial charge in [-0.1, -0.05) is 24.3 Å². The lowest BCUT2D eigenvalue weighted by Crippen LogP contribution is -2.24. The highest BCUT2D eigenvalue weighted by molar-refractivity contribution is 7.80. The van der Waals surface area contributed by atoms with Crippen LogP contribution in [0.2, 0.25) is 0 Å². The van der Waals surface area contributed by atoms with Crippen molar-refractivity contribution in [2.75, 3.05) is 5.32 Å². The molecule has 0 saturated heterocycles. The van der Waals surface area contributed by atoms with Crippen molar-refractivity contribution >= 4 is 47.1 Å². The van der Waals surface area contributed by atoms with Crippen molar-refractivity contribution in [1.29, 1.82) is 0 Å². The predicted molar refractivity (Wildman–Crippen MR) is 134 cm³/mol. The summed E-state index contributed by atoms with van der Waals surface area (Å²) in [6.45, 7) is 1.91. The summed E-state index contributed by atoms with van der Waals surface area (Å²) in [5.41, 5.74) is 12.3. The maximum Gasteiger partial charge on any atom is 0.573 e. The Kier molecular flexibility index (Phi) is 8.46. The quantitative estimate of drug-likeness (QED) is 0.189. The van der Waals surface area contributed by atoms with Crippen LogP contribution in [0.1, 0.15) is 16.7 Å². The zero-order valence-corrected chi connectivity index (χ0v) is 19.1. The molecule has 0 radical (unpaired) electrons. The van der Waals surface area contributed by atoms with Crippen LogP contribution in [-0.2, 0) is 0 Å². The number of rotatable bonds is 7. The minimum atomic E-state index is -4.74. The van der Waals surface area contributed by atoms with E-state index in [2.05, 4.69) is 35.5 Å². The number of anilines is 1.